The molecule has 0 saturated heterocycles. The Morgan fingerprint density at radius 1 is 1.28 bits per heavy atom. The van der Waals surface area contributed by atoms with Crippen molar-refractivity contribution in [2.24, 2.45) is 0 Å². The van der Waals surface area contributed by atoms with Crippen LogP contribution in [0.25, 0.3) is 0 Å². The van der Waals surface area contributed by atoms with Crippen LogP contribution in [0, 0.1) is 0 Å². The van der Waals surface area contributed by atoms with Gasteiger partial charge in [-0.1, -0.05) is 0 Å². The summed E-state index contributed by atoms with van der Waals surface area (Å²) in [7, 11) is 2.99. The molecule has 0 saturated carbocycles. The van der Waals surface area contributed by atoms with Crippen molar-refractivity contribution >= 4 is 5.78 Å². The van der Waals surface area contributed by atoms with Crippen LogP contribution in [0.1, 0.15) is 23.2 Å². The number of Topliss-reactive ketones (excluding diaryl/α,β-unsaturated/α-hetero) is 1. The zero-order chi connectivity index (χ0) is 13.5. The van der Waals surface area contributed by atoms with Crippen molar-refractivity contribution in [2.75, 3.05) is 20.8 Å². The predicted molar refractivity (Wildman–Crippen MR) is 66.2 cm³/mol. The van der Waals surface area contributed by atoms with Gasteiger partial charge in [-0.05, 0) is 31.0 Å². The van der Waals surface area contributed by atoms with Crippen LogP contribution in [0.3, 0.4) is 0 Å². The van der Waals surface area contributed by atoms with Crippen LogP contribution in [-0.4, -0.2) is 42.9 Å². The first-order chi connectivity index (χ1) is 8.63. The molecule has 0 aliphatic carbocycles. The Morgan fingerprint density at radius 3 is 2.50 bits per heavy atom. The molecule has 0 radical (unpaired) electrons. The van der Waals surface area contributed by atoms with Gasteiger partial charge in [-0.3, -0.25) is 4.79 Å². The number of ketones is 1. The molecule has 0 aliphatic rings. The van der Waals surface area contributed by atoms with Gasteiger partial charge in [0, 0.05) is 12.2 Å². The lowest BCUT2D eigenvalue weighted by Gasteiger charge is -2.11. The van der Waals surface area contributed by atoms with E-state index in [0.717, 1.165) is 0 Å². The summed E-state index contributed by atoms with van der Waals surface area (Å²) >= 11 is 0. The highest BCUT2D eigenvalue weighted by Gasteiger charge is 2.18. The van der Waals surface area contributed by atoms with Crippen LogP contribution in [0.2, 0.25) is 0 Å². The molecule has 0 aromatic heterocycles. The Hall–Kier alpha value is -1.59. The molecule has 2 N–H and O–H groups in total. The normalized spacial score (nSPS) is 12.0. The largest absolute Gasteiger partial charge is 0.493 e. The maximum Gasteiger partial charge on any atom is 0.191 e. The molecule has 1 rings (SSSR count). The van der Waals surface area contributed by atoms with E-state index < -0.39 is 6.10 Å². The lowest BCUT2D eigenvalue weighted by Crippen LogP contribution is -2.20. The monoisotopic (exact) mass is 254 g/mol. The summed E-state index contributed by atoms with van der Waals surface area (Å²) in [6.07, 6.45) is -0.473. The van der Waals surface area contributed by atoms with Gasteiger partial charge in [-0.25, -0.2) is 0 Å². The fourth-order valence-corrected chi connectivity index (χ4v) is 1.60. The molecule has 100 valence electrons. The Labute approximate surface area is 106 Å². The number of aliphatic hydroxyl groups is 2. The van der Waals surface area contributed by atoms with E-state index in [1.807, 2.05) is 0 Å². The number of rotatable bonds is 7. The van der Waals surface area contributed by atoms with Crippen LogP contribution in [0.15, 0.2) is 18.2 Å². The average Bonchev–Trinajstić information content (AvgIpc) is 2.42. The minimum Gasteiger partial charge on any atom is -0.493 e. The van der Waals surface area contributed by atoms with E-state index in [4.69, 9.17) is 14.6 Å². The van der Waals surface area contributed by atoms with Gasteiger partial charge in [-0.15, -0.1) is 0 Å². The first-order valence-corrected chi connectivity index (χ1v) is 5.69. The molecule has 18 heavy (non-hydrogen) atoms. The van der Waals surface area contributed by atoms with Gasteiger partial charge in [0.1, 0.15) is 6.10 Å². The van der Waals surface area contributed by atoms with Crippen LogP contribution in [0.5, 0.6) is 11.5 Å². The van der Waals surface area contributed by atoms with Gasteiger partial charge in [-0.2, -0.15) is 0 Å². The molecule has 1 aromatic carbocycles. The third-order valence-electron chi connectivity index (χ3n) is 2.61. The minimum absolute atomic E-state index is 0.0454. The molecule has 1 atom stereocenters. The summed E-state index contributed by atoms with van der Waals surface area (Å²) in [5, 5.41) is 18.3. The standard InChI is InChI=1S/C13H18O5/c1-17-11-6-5-9(8-12(11)18-2)13(16)10(15)4-3-7-14/h5-6,8,10,14-15H,3-4,7H2,1-2H3. The number of carbonyl (C=O) groups excluding carboxylic acids is 1. The van der Waals surface area contributed by atoms with Gasteiger partial charge in [0.2, 0.25) is 0 Å². The van der Waals surface area contributed by atoms with Crippen molar-refractivity contribution in [2.45, 2.75) is 18.9 Å². The minimum atomic E-state index is -1.10. The first-order valence-electron chi connectivity index (χ1n) is 5.69. The summed E-state index contributed by atoms with van der Waals surface area (Å²) in [5.41, 5.74) is 0.359. The fourth-order valence-electron chi connectivity index (χ4n) is 1.60. The summed E-state index contributed by atoms with van der Waals surface area (Å²) in [4.78, 5) is 11.9. The second-order valence-electron chi connectivity index (χ2n) is 3.82. The summed E-state index contributed by atoms with van der Waals surface area (Å²) < 4.78 is 10.2. The van der Waals surface area contributed by atoms with Gasteiger partial charge in [0.15, 0.2) is 17.3 Å². The highest BCUT2D eigenvalue weighted by molar-refractivity contribution is 5.99. The molecule has 1 aromatic rings. The molecule has 0 bridgehead atoms. The van der Waals surface area contributed by atoms with Crippen molar-refractivity contribution < 1.29 is 24.5 Å². The van der Waals surface area contributed by atoms with E-state index in [9.17, 15) is 9.90 Å². The topological polar surface area (TPSA) is 76.0 Å². The maximum atomic E-state index is 11.9. The number of hydrogen-bond acceptors (Lipinski definition) is 5. The van der Waals surface area contributed by atoms with E-state index in [-0.39, 0.29) is 18.8 Å². The predicted octanol–water partition coefficient (Wildman–Crippen LogP) is 1.02. The van der Waals surface area contributed by atoms with Crippen LogP contribution < -0.4 is 9.47 Å². The number of carbonyl (C=O) groups is 1. The average molecular weight is 254 g/mol. The number of hydrogen-bond donors (Lipinski definition) is 2. The van der Waals surface area contributed by atoms with E-state index >= 15 is 0 Å². The number of benzene rings is 1. The Kier molecular flexibility index (Phi) is 5.61. The van der Waals surface area contributed by atoms with Crippen molar-refractivity contribution in [3.05, 3.63) is 23.8 Å². The molecule has 0 fully saturated rings. The van der Waals surface area contributed by atoms with Gasteiger partial charge >= 0.3 is 0 Å². The summed E-state index contributed by atoms with van der Waals surface area (Å²) in [6, 6.07) is 4.72. The Bertz CT molecular complexity index is 402. The van der Waals surface area contributed by atoms with Crippen LogP contribution in [0.4, 0.5) is 0 Å². The first kappa shape index (κ1) is 14.5. The second kappa shape index (κ2) is 6.98. The molecular formula is C13H18O5. The van der Waals surface area contributed by atoms with Crippen molar-refractivity contribution in [1.29, 1.82) is 0 Å². The van der Waals surface area contributed by atoms with E-state index in [1.54, 1.807) is 12.1 Å². The van der Waals surface area contributed by atoms with E-state index in [0.29, 0.717) is 23.5 Å². The molecule has 5 nitrogen and oxygen atoms in total. The SMILES string of the molecule is COc1ccc(C(=O)C(O)CCCO)cc1OC. The lowest BCUT2D eigenvalue weighted by atomic mass is 10.0. The van der Waals surface area contributed by atoms with Crippen molar-refractivity contribution in [3.63, 3.8) is 0 Å². The molecular weight excluding hydrogens is 236 g/mol. The molecule has 1 unspecified atom stereocenters. The molecule has 0 heterocycles. The highest BCUT2D eigenvalue weighted by Crippen LogP contribution is 2.28. The van der Waals surface area contributed by atoms with E-state index in [2.05, 4.69) is 0 Å². The molecule has 0 aliphatic heterocycles. The Morgan fingerprint density at radius 2 is 1.94 bits per heavy atom. The number of methoxy groups -OCH3 is 2. The quantitative estimate of drug-likeness (QED) is 0.710. The van der Waals surface area contributed by atoms with Gasteiger partial charge in [0.25, 0.3) is 0 Å². The maximum absolute atomic E-state index is 11.9. The van der Waals surface area contributed by atoms with Gasteiger partial charge in [0.05, 0.1) is 14.2 Å². The highest BCUT2D eigenvalue weighted by atomic mass is 16.5. The summed E-state index contributed by atoms with van der Waals surface area (Å²) in [6.45, 7) is -0.0454. The number of ether oxygens (including phenoxy) is 2. The summed E-state index contributed by atoms with van der Waals surface area (Å²) in [5.74, 6) is 0.584. The van der Waals surface area contributed by atoms with Crippen molar-refractivity contribution in [1.82, 2.24) is 0 Å². The second-order valence-corrected chi connectivity index (χ2v) is 3.82. The van der Waals surface area contributed by atoms with E-state index in [1.165, 1.54) is 20.3 Å². The zero-order valence-electron chi connectivity index (χ0n) is 10.5. The lowest BCUT2D eigenvalue weighted by molar-refractivity contribution is 0.0715. The number of aliphatic hydroxyl groups excluding tert-OH is 2. The fraction of sp³-hybridized carbons (Fsp3) is 0.462. The zero-order valence-corrected chi connectivity index (χ0v) is 10.5. The Balaban J connectivity index is 2.86. The molecule has 0 amide bonds. The third-order valence-corrected chi connectivity index (χ3v) is 2.61. The third kappa shape index (κ3) is 3.45. The van der Waals surface area contributed by atoms with Crippen LogP contribution >= 0.6 is 0 Å². The van der Waals surface area contributed by atoms with Crippen LogP contribution in [-0.2, 0) is 0 Å². The smallest absolute Gasteiger partial charge is 0.191 e. The molecule has 5 heteroatoms. The van der Waals surface area contributed by atoms with Gasteiger partial charge < -0.3 is 19.7 Å². The molecule has 0 spiro atoms. The van der Waals surface area contributed by atoms with Crippen molar-refractivity contribution in [3.8, 4) is 11.5 Å².